The van der Waals surface area contributed by atoms with Gasteiger partial charge < -0.3 is 15.0 Å². The second kappa shape index (κ2) is 9.76. The van der Waals surface area contributed by atoms with Crippen LogP contribution in [-0.4, -0.2) is 50.6 Å². The van der Waals surface area contributed by atoms with Crippen molar-refractivity contribution < 1.29 is 14.3 Å². The molecule has 3 aromatic carbocycles. The van der Waals surface area contributed by atoms with E-state index in [0.717, 1.165) is 12.0 Å². The van der Waals surface area contributed by atoms with Crippen molar-refractivity contribution in [3.8, 4) is 17.1 Å². The lowest BCUT2D eigenvalue weighted by Gasteiger charge is -2.28. The number of carbonyl (C=O) groups excluding carboxylic acids is 2. The maximum absolute atomic E-state index is 12.8. The van der Waals surface area contributed by atoms with E-state index >= 15 is 0 Å². The van der Waals surface area contributed by atoms with E-state index in [1.807, 2.05) is 17.0 Å². The second-order valence-electron chi connectivity index (χ2n) is 8.24. The van der Waals surface area contributed by atoms with E-state index in [2.05, 4.69) is 32.9 Å². The zero-order valence-electron chi connectivity index (χ0n) is 19.2. The maximum Gasteiger partial charge on any atom is 0.255 e. The Labute approximate surface area is 202 Å². The summed E-state index contributed by atoms with van der Waals surface area (Å²) in [4.78, 5) is 28.4. The molecule has 0 unspecified atom stereocenters. The lowest BCUT2D eigenvalue weighted by molar-refractivity contribution is -0.133. The summed E-state index contributed by atoms with van der Waals surface area (Å²) in [6.45, 7) is 1.31. The highest BCUT2D eigenvalue weighted by atomic mass is 16.5. The molecule has 0 aliphatic carbocycles. The molecule has 0 spiro atoms. The van der Waals surface area contributed by atoms with Gasteiger partial charge >= 0.3 is 0 Å². The van der Waals surface area contributed by atoms with Crippen molar-refractivity contribution in [2.45, 2.75) is 19.5 Å². The minimum Gasteiger partial charge on any atom is -0.497 e. The molecule has 0 bridgehead atoms. The molecule has 35 heavy (non-hydrogen) atoms. The van der Waals surface area contributed by atoms with Crippen molar-refractivity contribution in [2.75, 3.05) is 19.0 Å². The number of ether oxygens (including phenoxy) is 1. The first-order chi connectivity index (χ1) is 17.1. The molecule has 9 nitrogen and oxygen atoms in total. The number of rotatable bonds is 6. The van der Waals surface area contributed by atoms with E-state index < -0.39 is 0 Å². The van der Waals surface area contributed by atoms with Gasteiger partial charge in [-0.2, -0.15) is 4.80 Å². The fourth-order valence-electron chi connectivity index (χ4n) is 4.00. The molecule has 2 heterocycles. The van der Waals surface area contributed by atoms with Crippen LogP contribution < -0.4 is 10.1 Å². The Kier molecular flexibility index (Phi) is 6.21. The van der Waals surface area contributed by atoms with Crippen molar-refractivity contribution in [3.63, 3.8) is 0 Å². The van der Waals surface area contributed by atoms with Crippen LogP contribution >= 0.6 is 0 Å². The number of fused-ring (bicyclic) bond motifs is 1. The predicted molar refractivity (Wildman–Crippen MR) is 130 cm³/mol. The fourth-order valence-corrected chi connectivity index (χ4v) is 4.00. The third kappa shape index (κ3) is 5.03. The van der Waals surface area contributed by atoms with Crippen LogP contribution in [0, 0.1) is 0 Å². The van der Waals surface area contributed by atoms with Crippen LogP contribution in [0.15, 0.2) is 72.8 Å². The molecule has 0 saturated carbocycles. The number of anilines is 1. The molecule has 1 N–H and O–H groups in total. The van der Waals surface area contributed by atoms with E-state index in [-0.39, 0.29) is 18.4 Å². The van der Waals surface area contributed by atoms with Crippen LogP contribution in [0.3, 0.4) is 0 Å². The Bertz CT molecular complexity index is 1350. The number of benzene rings is 3. The molecule has 1 aliphatic heterocycles. The molecule has 9 heteroatoms. The van der Waals surface area contributed by atoms with Crippen LogP contribution in [-0.2, 0) is 24.3 Å². The molecule has 4 aromatic rings. The van der Waals surface area contributed by atoms with Gasteiger partial charge in [0.25, 0.3) is 5.91 Å². The van der Waals surface area contributed by atoms with Gasteiger partial charge in [-0.15, -0.1) is 10.2 Å². The van der Waals surface area contributed by atoms with E-state index in [4.69, 9.17) is 4.74 Å². The smallest absolute Gasteiger partial charge is 0.255 e. The number of nitrogens with one attached hydrogen (secondary N) is 1. The number of methoxy groups -OCH3 is 1. The van der Waals surface area contributed by atoms with Crippen LogP contribution in [0.5, 0.6) is 5.75 Å². The molecular formula is C26H24N6O3. The minimum atomic E-state index is -0.219. The zero-order chi connectivity index (χ0) is 24.2. The molecule has 1 aromatic heterocycles. The molecule has 0 atom stereocenters. The van der Waals surface area contributed by atoms with Crippen LogP contribution in [0.2, 0.25) is 0 Å². The lowest BCUT2D eigenvalue weighted by Crippen LogP contribution is -2.38. The number of tetrazole rings is 1. The standard InChI is InChI=1S/C26H24N6O3/c1-35-23-12-8-20(9-13-23)26(34)27-22-10-6-19(7-11-22)25-28-30-32(29-25)17-24(33)31-15-14-18-4-2-3-5-21(18)16-31/h2-13H,14-17H2,1H3,(H,27,34). The molecular weight excluding hydrogens is 444 g/mol. The molecule has 5 rings (SSSR count). The minimum absolute atomic E-state index is 0.0329. The van der Waals surface area contributed by atoms with E-state index in [1.165, 1.54) is 15.9 Å². The predicted octanol–water partition coefficient (Wildman–Crippen LogP) is 3.19. The van der Waals surface area contributed by atoms with Crippen LogP contribution in [0.4, 0.5) is 5.69 Å². The number of aromatic nitrogens is 4. The summed E-state index contributed by atoms with van der Waals surface area (Å²) in [5.41, 5.74) is 4.38. The van der Waals surface area contributed by atoms with Gasteiger partial charge in [-0.3, -0.25) is 9.59 Å². The van der Waals surface area contributed by atoms with Gasteiger partial charge in [-0.1, -0.05) is 24.3 Å². The van der Waals surface area contributed by atoms with Crippen LogP contribution in [0.1, 0.15) is 21.5 Å². The van der Waals surface area contributed by atoms with Crippen molar-refractivity contribution in [2.24, 2.45) is 0 Å². The average Bonchev–Trinajstić information content (AvgIpc) is 3.37. The van der Waals surface area contributed by atoms with Gasteiger partial charge in [0.15, 0.2) is 0 Å². The number of nitrogens with zero attached hydrogens (tertiary/aromatic N) is 5. The summed E-state index contributed by atoms with van der Waals surface area (Å²) in [5, 5.41) is 15.4. The Hall–Kier alpha value is -4.53. The van der Waals surface area contributed by atoms with Crippen molar-refractivity contribution in [1.29, 1.82) is 0 Å². The third-order valence-electron chi connectivity index (χ3n) is 5.97. The van der Waals surface area contributed by atoms with Crippen LogP contribution in [0.25, 0.3) is 11.4 Å². The van der Waals surface area contributed by atoms with Gasteiger partial charge in [0.1, 0.15) is 12.3 Å². The summed E-state index contributed by atoms with van der Waals surface area (Å²) in [5.74, 6) is 0.840. The van der Waals surface area contributed by atoms with E-state index in [0.29, 0.717) is 35.9 Å². The summed E-state index contributed by atoms with van der Waals surface area (Å²) < 4.78 is 5.12. The highest BCUT2D eigenvalue weighted by molar-refractivity contribution is 6.04. The normalized spacial score (nSPS) is 12.7. The first-order valence-corrected chi connectivity index (χ1v) is 11.3. The highest BCUT2D eigenvalue weighted by Crippen LogP contribution is 2.20. The molecule has 2 amide bonds. The summed E-state index contributed by atoms with van der Waals surface area (Å²) in [7, 11) is 1.58. The maximum atomic E-state index is 12.8. The van der Waals surface area contributed by atoms with Crippen molar-refractivity contribution in [3.05, 3.63) is 89.5 Å². The first kappa shape index (κ1) is 22.3. The Morgan fingerprint density at radius 3 is 2.46 bits per heavy atom. The highest BCUT2D eigenvalue weighted by Gasteiger charge is 2.21. The second-order valence-corrected chi connectivity index (χ2v) is 8.24. The van der Waals surface area contributed by atoms with Gasteiger partial charge in [0.2, 0.25) is 11.7 Å². The number of hydrogen-bond donors (Lipinski definition) is 1. The first-order valence-electron chi connectivity index (χ1n) is 11.3. The average molecular weight is 469 g/mol. The van der Waals surface area contributed by atoms with Gasteiger partial charge in [-0.25, -0.2) is 0 Å². The Morgan fingerprint density at radius 1 is 0.971 bits per heavy atom. The van der Waals surface area contributed by atoms with Crippen molar-refractivity contribution in [1.82, 2.24) is 25.1 Å². The molecule has 176 valence electrons. The summed E-state index contributed by atoms with van der Waals surface area (Å²) >= 11 is 0. The number of amides is 2. The quantitative estimate of drug-likeness (QED) is 0.466. The van der Waals surface area contributed by atoms with Gasteiger partial charge in [0, 0.05) is 29.9 Å². The Morgan fingerprint density at radius 2 is 1.71 bits per heavy atom. The SMILES string of the molecule is COc1ccc(C(=O)Nc2ccc(-c3nnn(CC(=O)N4CCc5ccccc5C4)n3)cc2)cc1. The summed E-state index contributed by atoms with van der Waals surface area (Å²) in [6, 6.07) is 22.2. The van der Waals surface area contributed by atoms with E-state index in [9.17, 15) is 9.59 Å². The van der Waals surface area contributed by atoms with Crippen molar-refractivity contribution >= 4 is 17.5 Å². The molecule has 0 fully saturated rings. The topological polar surface area (TPSA) is 102 Å². The zero-order valence-corrected chi connectivity index (χ0v) is 19.2. The van der Waals surface area contributed by atoms with E-state index in [1.54, 1.807) is 55.6 Å². The molecule has 0 radical (unpaired) electrons. The van der Waals surface area contributed by atoms with Gasteiger partial charge in [0.05, 0.1) is 7.11 Å². The number of carbonyl (C=O) groups is 2. The monoisotopic (exact) mass is 468 g/mol. The fraction of sp³-hybridized carbons (Fsp3) is 0.192. The third-order valence-corrected chi connectivity index (χ3v) is 5.97. The van der Waals surface area contributed by atoms with Gasteiger partial charge in [-0.05, 0) is 71.3 Å². The number of hydrogen-bond acceptors (Lipinski definition) is 6. The summed E-state index contributed by atoms with van der Waals surface area (Å²) in [6.07, 6.45) is 0.847. The Balaban J connectivity index is 1.19. The molecule has 1 aliphatic rings. The largest absolute Gasteiger partial charge is 0.497 e. The molecule has 0 saturated heterocycles. The lowest BCUT2D eigenvalue weighted by atomic mass is 10.00.